The Morgan fingerprint density at radius 3 is 2.38 bits per heavy atom. The molecule has 0 unspecified atom stereocenters. The molecule has 3 aromatic rings. The molecule has 1 aliphatic rings. The average molecular weight is 463 g/mol. The monoisotopic (exact) mass is 462 g/mol. The first kappa shape index (κ1) is 23.6. The van der Waals surface area contributed by atoms with Gasteiger partial charge in [0.15, 0.2) is 5.82 Å². The Morgan fingerprint density at radius 1 is 1.03 bits per heavy atom. The van der Waals surface area contributed by atoms with Crippen molar-refractivity contribution in [2.24, 2.45) is 5.92 Å². The van der Waals surface area contributed by atoms with Crippen LogP contribution >= 0.6 is 0 Å². The van der Waals surface area contributed by atoms with Crippen LogP contribution in [-0.4, -0.2) is 69.2 Å². The van der Waals surface area contributed by atoms with Crippen molar-refractivity contribution < 1.29 is 19.8 Å². The number of hydrogen-bond donors (Lipinski definition) is 2. The van der Waals surface area contributed by atoms with Gasteiger partial charge in [0.2, 0.25) is 0 Å². The number of nitrogens with zero attached hydrogens (tertiary/aromatic N) is 4. The number of aliphatic hydroxyl groups excluding tert-OH is 1. The van der Waals surface area contributed by atoms with E-state index in [9.17, 15) is 19.8 Å². The number of anilines is 1. The minimum absolute atomic E-state index is 0.169. The lowest BCUT2D eigenvalue weighted by Crippen LogP contribution is -2.52. The summed E-state index contributed by atoms with van der Waals surface area (Å²) in [5.74, 6) is 0.256. The van der Waals surface area contributed by atoms with E-state index in [-0.39, 0.29) is 17.4 Å². The van der Waals surface area contributed by atoms with E-state index in [1.165, 1.54) is 0 Å². The average Bonchev–Trinajstić information content (AvgIpc) is 2.82. The number of fused-ring (bicyclic) bond motifs is 1. The van der Waals surface area contributed by atoms with E-state index in [0.29, 0.717) is 43.9 Å². The lowest BCUT2D eigenvalue weighted by atomic mass is 10.0. The molecule has 8 nitrogen and oxygen atoms in total. The summed E-state index contributed by atoms with van der Waals surface area (Å²) in [6, 6.07) is 12.7. The van der Waals surface area contributed by atoms with E-state index in [2.05, 4.69) is 4.90 Å². The zero-order chi connectivity index (χ0) is 24.4. The molecule has 1 aliphatic heterocycles. The fourth-order valence-electron chi connectivity index (χ4n) is 4.33. The number of carbonyl (C=O) groups excluding carboxylic acids is 1. The third-order valence-corrected chi connectivity index (χ3v) is 6.18. The van der Waals surface area contributed by atoms with E-state index >= 15 is 0 Å². The Bertz CT molecular complexity index is 1220. The molecule has 8 heteroatoms. The normalized spacial score (nSPS) is 15.1. The highest BCUT2D eigenvalue weighted by Crippen LogP contribution is 2.30. The van der Waals surface area contributed by atoms with E-state index < -0.39 is 12.1 Å². The van der Waals surface area contributed by atoms with Crippen LogP contribution in [0, 0.1) is 12.8 Å². The first-order chi connectivity index (χ1) is 16.2. The van der Waals surface area contributed by atoms with Crippen LogP contribution in [0.3, 0.4) is 0 Å². The minimum Gasteiger partial charge on any atom is -0.478 e. The second-order valence-corrected chi connectivity index (χ2v) is 9.18. The zero-order valence-electron chi connectivity index (χ0n) is 19.7. The molecule has 1 saturated heterocycles. The highest BCUT2D eigenvalue weighted by Gasteiger charge is 2.28. The fourth-order valence-corrected chi connectivity index (χ4v) is 4.33. The standard InChI is InChI=1S/C26H30N4O4/c1-16(2)14-22(31)25(32)30-12-10-29(11-13-30)24-20-9-8-18(26(33)34)15-21(20)27-23(28-24)19-7-5-4-6-17(19)3/h4-9,15-16,22,31H,10-14H2,1-3H3,(H,33,34)/t22-/m1/s1. The summed E-state index contributed by atoms with van der Waals surface area (Å²) < 4.78 is 0. The molecule has 34 heavy (non-hydrogen) atoms. The quantitative estimate of drug-likeness (QED) is 0.578. The number of benzene rings is 2. The molecule has 1 amide bonds. The molecule has 1 fully saturated rings. The maximum atomic E-state index is 12.6. The molecule has 2 aromatic carbocycles. The molecule has 0 bridgehead atoms. The van der Waals surface area contributed by atoms with Crippen LogP contribution in [0.4, 0.5) is 5.82 Å². The largest absolute Gasteiger partial charge is 0.478 e. The minimum atomic E-state index is -1.01. The number of aryl methyl sites for hydroxylation is 1. The predicted molar refractivity (Wildman–Crippen MR) is 131 cm³/mol. The van der Waals surface area contributed by atoms with Crippen molar-refractivity contribution in [3.63, 3.8) is 0 Å². The summed E-state index contributed by atoms with van der Waals surface area (Å²) in [6.45, 7) is 8.02. The molecule has 1 aromatic heterocycles. The number of hydrogen-bond acceptors (Lipinski definition) is 6. The Hall–Kier alpha value is -3.52. The second-order valence-electron chi connectivity index (χ2n) is 9.18. The van der Waals surface area contributed by atoms with Crippen molar-refractivity contribution >= 4 is 28.6 Å². The number of carboxylic acids is 1. The van der Waals surface area contributed by atoms with Gasteiger partial charge in [-0.15, -0.1) is 0 Å². The number of amides is 1. The number of rotatable bonds is 6. The third-order valence-electron chi connectivity index (χ3n) is 6.18. The van der Waals surface area contributed by atoms with E-state index in [0.717, 1.165) is 22.3 Å². The molecule has 4 rings (SSSR count). The van der Waals surface area contributed by atoms with E-state index in [1.807, 2.05) is 45.0 Å². The van der Waals surface area contributed by atoms with Crippen LogP contribution in [0.1, 0.15) is 36.2 Å². The van der Waals surface area contributed by atoms with Gasteiger partial charge in [-0.3, -0.25) is 4.79 Å². The maximum absolute atomic E-state index is 12.6. The van der Waals surface area contributed by atoms with Crippen molar-refractivity contribution in [3.8, 4) is 11.4 Å². The first-order valence-corrected chi connectivity index (χ1v) is 11.6. The van der Waals surface area contributed by atoms with Crippen LogP contribution in [0.15, 0.2) is 42.5 Å². The molecule has 178 valence electrons. The summed E-state index contributed by atoms with van der Waals surface area (Å²) >= 11 is 0. The van der Waals surface area contributed by atoms with Crippen LogP contribution in [0.25, 0.3) is 22.3 Å². The topological polar surface area (TPSA) is 107 Å². The summed E-state index contributed by atoms with van der Waals surface area (Å²) in [6.07, 6.45) is -0.532. The molecule has 0 saturated carbocycles. The van der Waals surface area contributed by atoms with Crippen molar-refractivity contribution in [2.75, 3.05) is 31.1 Å². The summed E-state index contributed by atoms with van der Waals surface area (Å²) in [7, 11) is 0. The molecule has 0 spiro atoms. The van der Waals surface area contributed by atoms with Gasteiger partial charge < -0.3 is 20.0 Å². The van der Waals surface area contributed by atoms with Crippen molar-refractivity contribution in [1.82, 2.24) is 14.9 Å². The van der Waals surface area contributed by atoms with Crippen molar-refractivity contribution in [1.29, 1.82) is 0 Å². The highest BCUT2D eigenvalue weighted by molar-refractivity contribution is 5.97. The van der Waals surface area contributed by atoms with E-state index in [1.54, 1.807) is 23.1 Å². The van der Waals surface area contributed by atoms with Gasteiger partial charge in [-0.1, -0.05) is 38.1 Å². The number of carbonyl (C=O) groups is 2. The summed E-state index contributed by atoms with van der Waals surface area (Å²) in [4.78, 5) is 37.6. The molecule has 2 N–H and O–H groups in total. The van der Waals surface area contributed by atoms with Gasteiger partial charge in [0.05, 0.1) is 11.1 Å². The predicted octanol–water partition coefficient (Wildman–Crippen LogP) is 3.36. The molecule has 0 radical (unpaired) electrons. The Balaban J connectivity index is 1.67. The van der Waals surface area contributed by atoms with Gasteiger partial charge in [-0.25, -0.2) is 14.8 Å². The number of piperazine rings is 1. The lowest BCUT2D eigenvalue weighted by Gasteiger charge is -2.37. The molecule has 2 heterocycles. The van der Waals surface area contributed by atoms with Crippen molar-refractivity contribution in [3.05, 3.63) is 53.6 Å². The Labute approximate surface area is 198 Å². The maximum Gasteiger partial charge on any atom is 0.335 e. The van der Waals surface area contributed by atoms with Gasteiger partial charge in [0, 0.05) is 37.1 Å². The first-order valence-electron chi connectivity index (χ1n) is 11.6. The van der Waals surface area contributed by atoms with Gasteiger partial charge in [0.1, 0.15) is 11.9 Å². The van der Waals surface area contributed by atoms with Crippen LogP contribution in [-0.2, 0) is 4.79 Å². The summed E-state index contributed by atoms with van der Waals surface area (Å²) in [5.41, 5.74) is 2.64. The van der Waals surface area contributed by atoms with Crippen LogP contribution < -0.4 is 4.90 Å². The zero-order valence-corrected chi connectivity index (χ0v) is 19.7. The van der Waals surface area contributed by atoms with Gasteiger partial charge in [-0.05, 0) is 43.0 Å². The molecule has 0 aliphatic carbocycles. The molecule has 1 atom stereocenters. The Kier molecular flexibility index (Phi) is 6.79. The Morgan fingerprint density at radius 2 is 1.74 bits per heavy atom. The van der Waals surface area contributed by atoms with Gasteiger partial charge in [0.25, 0.3) is 5.91 Å². The highest BCUT2D eigenvalue weighted by atomic mass is 16.4. The second kappa shape index (κ2) is 9.77. The lowest BCUT2D eigenvalue weighted by molar-refractivity contribution is -0.141. The van der Waals surface area contributed by atoms with Gasteiger partial charge in [-0.2, -0.15) is 0 Å². The molecular formula is C26H30N4O4. The van der Waals surface area contributed by atoms with Gasteiger partial charge >= 0.3 is 5.97 Å². The third kappa shape index (κ3) is 4.87. The number of aromatic nitrogens is 2. The van der Waals surface area contributed by atoms with E-state index in [4.69, 9.17) is 9.97 Å². The SMILES string of the molecule is Cc1ccccc1-c1nc(N2CCN(C(=O)[C@H](O)CC(C)C)CC2)c2ccc(C(=O)O)cc2n1. The molecular weight excluding hydrogens is 432 g/mol. The van der Waals surface area contributed by atoms with Crippen LogP contribution in [0.2, 0.25) is 0 Å². The smallest absolute Gasteiger partial charge is 0.335 e. The van der Waals surface area contributed by atoms with Crippen LogP contribution in [0.5, 0.6) is 0 Å². The number of carboxylic acid groups (broad SMARTS) is 1. The summed E-state index contributed by atoms with van der Waals surface area (Å²) in [5, 5.41) is 20.5. The van der Waals surface area contributed by atoms with Crippen molar-refractivity contribution in [2.45, 2.75) is 33.3 Å². The number of aromatic carboxylic acids is 1. The number of aliphatic hydroxyl groups is 1. The fraction of sp³-hybridized carbons (Fsp3) is 0.385.